The minimum absolute atomic E-state index is 0.109. The SMILES string of the molecule is COc1ccccc1NC(=O)CNCc1nc(C)cs1. The highest BCUT2D eigenvalue weighted by Gasteiger charge is 2.06. The molecule has 6 heteroatoms. The number of benzene rings is 1. The molecule has 0 unspecified atom stereocenters. The molecule has 5 nitrogen and oxygen atoms in total. The standard InChI is InChI=1S/C14H17N3O2S/c1-10-9-20-14(16-10)8-15-7-13(18)17-11-5-3-4-6-12(11)19-2/h3-6,9,15H,7-8H2,1-2H3,(H,17,18). The Morgan fingerprint density at radius 2 is 2.20 bits per heavy atom. The van der Waals surface area contributed by atoms with E-state index in [1.165, 1.54) is 0 Å². The third-order valence-corrected chi connectivity index (χ3v) is 3.58. The van der Waals surface area contributed by atoms with E-state index in [1.807, 2.05) is 24.4 Å². The van der Waals surface area contributed by atoms with Crippen LogP contribution in [0.15, 0.2) is 29.6 Å². The summed E-state index contributed by atoms with van der Waals surface area (Å²) in [6.45, 7) is 2.78. The van der Waals surface area contributed by atoms with Crippen molar-refractivity contribution >= 4 is 22.9 Å². The average molecular weight is 291 g/mol. The van der Waals surface area contributed by atoms with Gasteiger partial charge in [-0.05, 0) is 19.1 Å². The Morgan fingerprint density at radius 3 is 2.90 bits per heavy atom. The third kappa shape index (κ3) is 4.04. The van der Waals surface area contributed by atoms with Crippen molar-refractivity contribution in [1.82, 2.24) is 10.3 Å². The topological polar surface area (TPSA) is 63.2 Å². The molecule has 2 N–H and O–H groups in total. The van der Waals surface area contributed by atoms with Crippen LogP contribution in [0, 0.1) is 6.92 Å². The van der Waals surface area contributed by atoms with Crippen LogP contribution in [0.1, 0.15) is 10.7 Å². The summed E-state index contributed by atoms with van der Waals surface area (Å²) in [6.07, 6.45) is 0. The Bertz CT molecular complexity index is 583. The molecule has 0 aliphatic rings. The molecule has 0 saturated heterocycles. The number of nitrogens with zero attached hydrogens (tertiary/aromatic N) is 1. The van der Waals surface area contributed by atoms with Gasteiger partial charge in [0.1, 0.15) is 10.8 Å². The lowest BCUT2D eigenvalue weighted by Crippen LogP contribution is -2.27. The highest BCUT2D eigenvalue weighted by Crippen LogP contribution is 2.22. The van der Waals surface area contributed by atoms with Gasteiger partial charge in [-0.2, -0.15) is 0 Å². The monoisotopic (exact) mass is 291 g/mol. The average Bonchev–Trinajstić information content (AvgIpc) is 2.85. The molecule has 0 fully saturated rings. The second-order valence-corrected chi connectivity index (χ2v) is 5.18. The quantitative estimate of drug-likeness (QED) is 0.856. The van der Waals surface area contributed by atoms with Gasteiger partial charge < -0.3 is 15.4 Å². The molecule has 20 heavy (non-hydrogen) atoms. The van der Waals surface area contributed by atoms with Crippen molar-refractivity contribution in [2.45, 2.75) is 13.5 Å². The molecule has 0 radical (unpaired) electrons. The number of hydrogen-bond donors (Lipinski definition) is 2. The summed E-state index contributed by atoms with van der Waals surface area (Å²) in [5, 5.41) is 8.85. The normalized spacial score (nSPS) is 10.3. The summed E-state index contributed by atoms with van der Waals surface area (Å²) in [5.74, 6) is 0.541. The smallest absolute Gasteiger partial charge is 0.238 e. The Hall–Kier alpha value is -1.92. The number of rotatable bonds is 6. The highest BCUT2D eigenvalue weighted by atomic mass is 32.1. The first-order valence-electron chi connectivity index (χ1n) is 6.23. The molecular weight excluding hydrogens is 274 g/mol. The summed E-state index contributed by atoms with van der Waals surface area (Å²) in [4.78, 5) is 16.2. The largest absolute Gasteiger partial charge is 0.495 e. The number of anilines is 1. The molecule has 1 aromatic heterocycles. The molecule has 2 aromatic rings. The zero-order valence-electron chi connectivity index (χ0n) is 11.5. The molecule has 0 atom stereocenters. The Labute approximate surface area is 122 Å². The molecule has 0 bridgehead atoms. The number of carbonyl (C=O) groups is 1. The van der Waals surface area contributed by atoms with Gasteiger partial charge in [-0.15, -0.1) is 11.3 Å². The fourth-order valence-corrected chi connectivity index (χ4v) is 2.45. The minimum atomic E-state index is -0.109. The van der Waals surface area contributed by atoms with Gasteiger partial charge in [0.25, 0.3) is 0 Å². The van der Waals surface area contributed by atoms with E-state index in [1.54, 1.807) is 30.6 Å². The van der Waals surface area contributed by atoms with E-state index in [9.17, 15) is 4.79 Å². The van der Waals surface area contributed by atoms with Crippen LogP contribution in [0.25, 0.3) is 0 Å². The van der Waals surface area contributed by atoms with Gasteiger partial charge in [0.15, 0.2) is 0 Å². The summed E-state index contributed by atoms with van der Waals surface area (Å²) in [6, 6.07) is 7.32. The van der Waals surface area contributed by atoms with Gasteiger partial charge in [0.2, 0.25) is 5.91 Å². The molecule has 106 valence electrons. The van der Waals surface area contributed by atoms with Crippen LogP contribution in [-0.2, 0) is 11.3 Å². The molecule has 0 saturated carbocycles. The van der Waals surface area contributed by atoms with Crippen LogP contribution in [0.2, 0.25) is 0 Å². The zero-order valence-corrected chi connectivity index (χ0v) is 12.3. The second-order valence-electron chi connectivity index (χ2n) is 4.23. The number of para-hydroxylation sites is 2. The predicted octanol–water partition coefficient (Wildman–Crippen LogP) is 2.19. The van der Waals surface area contributed by atoms with E-state index in [2.05, 4.69) is 15.6 Å². The lowest BCUT2D eigenvalue weighted by atomic mass is 10.3. The number of nitrogens with one attached hydrogen (secondary N) is 2. The Morgan fingerprint density at radius 1 is 1.40 bits per heavy atom. The van der Waals surface area contributed by atoms with E-state index in [0.717, 1.165) is 10.7 Å². The number of amides is 1. The maximum Gasteiger partial charge on any atom is 0.238 e. The van der Waals surface area contributed by atoms with E-state index >= 15 is 0 Å². The number of hydrogen-bond acceptors (Lipinski definition) is 5. The molecule has 2 rings (SSSR count). The molecule has 1 heterocycles. The van der Waals surface area contributed by atoms with E-state index < -0.39 is 0 Å². The van der Waals surface area contributed by atoms with Crippen LogP contribution in [-0.4, -0.2) is 24.5 Å². The second kappa shape index (κ2) is 7.02. The van der Waals surface area contributed by atoms with Crippen molar-refractivity contribution in [3.8, 4) is 5.75 Å². The van der Waals surface area contributed by atoms with Gasteiger partial charge >= 0.3 is 0 Å². The van der Waals surface area contributed by atoms with Crippen LogP contribution in [0.3, 0.4) is 0 Å². The summed E-state index contributed by atoms with van der Waals surface area (Å²) in [5.41, 5.74) is 1.68. The highest BCUT2D eigenvalue weighted by molar-refractivity contribution is 7.09. The molecule has 0 aliphatic heterocycles. The van der Waals surface area contributed by atoms with Gasteiger partial charge in [-0.25, -0.2) is 4.98 Å². The Balaban J connectivity index is 1.80. The number of aromatic nitrogens is 1. The van der Waals surface area contributed by atoms with Crippen molar-refractivity contribution in [2.24, 2.45) is 0 Å². The number of methoxy groups -OCH3 is 1. The van der Waals surface area contributed by atoms with Crippen LogP contribution >= 0.6 is 11.3 Å². The lowest BCUT2D eigenvalue weighted by molar-refractivity contribution is -0.115. The van der Waals surface area contributed by atoms with Crippen molar-refractivity contribution in [2.75, 3.05) is 19.0 Å². The van der Waals surface area contributed by atoms with Gasteiger partial charge in [-0.1, -0.05) is 12.1 Å². The molecular formula is C14H17N3O2S. The fourth-order valence-electron chi connectivity index (χ4n) is 1.71. The van der Waals surface area contributed by atoms with Crippen LogP contribution in [0.5, 0.6) is 5.75 Å². The summed E-state index contributed by atoms with van der Waals surface area (Å²) in [7, 11) is 1.58. The minimum Gasteiger partial charge on any atom is -0.495 e. The summed E-state index contributed by atoms with van der Waals surface area (Å²) >= 11 is 1.59. The number of aryl methyl sites for hydroxylation is 1. The van der Waals surface area contributed by atoms with E-state index in [4.69, 9.17) is 4.74 Å². The van der Waals surface area contributed by atoms with E-state index in [-0.39, 0.29) is 12.5 Å². The van der Waals surface area contributed by atoms with Crippen LogP contribution < -0.4 is 15.4 Å². The lowest BCUT2D eigenvalue weighted by Gasteiger charge is -2.09. The Kier molecular flexibility index (Phi) is 5.09. The van der Waals surface area contributed by atoms with Crippen molar-refractivity contribution in [1.29, 1.82) is 0 Å². The van der Waals surface area contributed by atoms with Gasteiger partial charge in [0, 0.05) is 17.6 Å². The van der Waals surface area contributed by atoms with Crippen molar-refractivity contribution in [3.63, 3.8) is 0 Å². The number of thiazole rings is 1. The molecule has 0 aliphatic carbocycles. The fraction of sp³-hybridized carbons (Fsp3) is 0.286. The first-order chi connectivity index (χ1) is 9.69. The first-order valence-corrected chi connectivity index (χ1v) is 7.11. The zero-order chi connectivity index (χ0) is 14.4. The molecule has 1 amide bonds. The number of carbonyl (C=O) groups excluding carboxylic acids is 1. The van der Waals surface area contributed by atoms with Crippen molar-refractivity contribution in [3.05, 3.63) is 40.3 Å². The predicted molar refractivity (Wildman–Crippen MR) is 80.2 cm³/mol. The van der Waals surface area contributed by atoms with Gasteiger partial charge in [-0.3, -0.25) is 4.79 Å². The van der Waals surface area contributed by atoms with Crippen LogP contribution in [0.4, 0.5) is 5.69 Å². The maximum absolute atomic E-state index is 11.8. The first kappa shape index (κ1) is 14.5. The summed E-state index contributed by atoms with van der Waals surface area (Å²) < 4.78 is 5.18. The van der Waals surface area contributed by atoms with E-state index in [0.29, 0.717) is 18.0 Å². The van der Waals surface area contributed by atoms with Gasteiger partial charge in [0.05, 0.1) is 19.3 Å². The van der Waals surface area contributed by atoms with Crippen molar-refractivity contribution < 1.29 is 9.53 Å². The molecule has 0 spiro atoms. The number of ether oxygens (including phenoxy) is 1. The maximum atomic E-state index is 11.8. The third-order valence-electron chi connectivity index (χ3n) is 2.61. The molecule has 1 aromatic carbocycles.